The van der Waals surface area contributed by atoms with E-state index in [1.165, 1.54) is 13.4 Å². The number of nitrogens with zero attached hydrogens (tertiary/aromatic N) is 1. The molecule has 5 nitrogen and oxygen atoms in total. The van der Waals surface area contributed by atoms with Gasteiger partial charge in [-0.1, -0.05) is 0 Å². The number of nitrogens with one attached hydrogen (secondary N) is 2. The Morgan fingerprint density at radius 1 is 1.50 bits per heavy atom. The van der Waals surface area contributed by atoms with E-state index in [1.54, 1.807) is 6.20 Å². The monoisotopic (exact) mass is 165 g/mol. The Labute approximate surface area is 67.4 Å². The van der Waals surface area contributed by atoms with Gasteiger partial charge in [-0.15, -0.1) is 0 Å². The molecule has 0 spiro atoms. The SMILES string of the molecule is COc1c[nH]c2c(=O)[nH]cnc12. The first-order chi connectivity index (χ1) is 5.83. The van der Waals surface area contributed by atoms with Crippen molar-refractivity contribution in [3.05, 3.63) is 22.9 Å². The van der Waals surface area contributed by atoms with Gasteiger partial charge in [-0.3, -0.25) is 4.79 Å². The summed E-state index contributed by atoms with van der Waals surface area (Å²) >= 11 is 0. The maximum atomic E-state index is 11.1. The number of fused-ring (bicyclic) bond motifs is 1. The number of aromatic amines is 2. The van der Waals surface area contributed by atoms with Crippen molar-refractivity contribution in [1.82, 2.24) is 15.0 Å². The molecule has 0 aliphatic rings. The predicted octanol–water partition coefficient (Wildman–Crippen LogP) is 0.260. The van der Waals surface area contributed by atoms with Crippen LogP contribution in [-0.2, 0) is 0 Å². The average molecular weight is 165 g/mol. The van der Waals surface area contributed by atoms with Gasteiger partial charge in [0.1, 0.15) is 11.0 Å². The fourth-order valence-electron chi connectivity index (χ4n) is 1.08. The van der Waals surface area contributed by atoms with Crippen LogP contribution in [0.1, 0.15) is 0 Å². The number of hydrogen-bond acceptors (Lipinski definition) is 3. The van der Waals surface area contributed by atoms with E-state index in [1.807, 2.05) is 0 Å². The van der Waals surface area contributed by atoms with E-state index in [2.05, 4.69) is 15.0 Å². The quantitative estimate of drug-likeness (QED) is 0.636. The van der Waals surface area contributed by atoms with Crippen LogP contribution in [0.4, 0.5) is 0 Å². The lowest BCUT2D eigenvalue weighted by Crippen LogP contribution is -2.05. The van der Waals surface area contributed by atoms with Crippen molar-refractivity contribution in [2.75, 3.05) is 7.11 Å². The Morgan fingerprint density at radius 2 is 2.33 bits per heavy atom. The van der Waals surface area contributed by atoms with Crippen LogP contribution in [0, 0.1) is 0 Å². The summed E-state index contributed by atoms with van der Waals surface area (Å²) in [4.78, 5) is 20.3. The van der Waals surface area contributed by atoms with Crippen molar-refractivity contribution in [2.24, 2.45) is 0 Å². The molecule has 0 unspecified atom stereocenters. The van der Waals surface area contributed by atoms with Crippen molar-refractivity contribution >= 4 is 11.0 Å². The van der Waals surface area contributed by atoms with Crippen LogP contribution in [0.15, 0.2) is 17.3 Å². The molecule has 62 valence electrons. The van der Waals surface area contributed by atoms with Crippen molar-refractivity contribution in [3.8, 4) is 5.75 Å². The smallest absolute Gasteiger partial charge is 0.275 e. The van der Waals surface area contributed by atoms with Crippen LogP contribution >= 0.6 is 0 Å². The summed E-state index contributed by atoms with van der Waals surface area (Å²) in [5.74, 6) is 0.580. The van der Waals surface area contributed by atoms with Gasteiger partial charge in [0, 0.05) is 6.20 Å². The van der Waals surface area contributed by atoms with Crippen molar-refractivity contribution in [1.29, 1.82) is 0 Å². The molecule has 0 saturated carbocycles. The Hall–Kier alpha value is -1.78. The zero-order chi connectivity index (χ0) is 8.55. The van der Waals surface area contributed by atoms with Crippen LogP contribution < -0.4 is 10.3 Å². The van der Waals surface area contributed by atoms with Gasteiger partial charge < -0.3 is 14.7 Å². The van der Waals surface area contributed by atoms with E-state index in [4.69, 9.17) is 4.74 Å². The third kappa shape index (κ3) is 0.795. The molecule has 0 saturated heterocycles. The van der Waals surface area contributed by atoms with Gasteiger partial charge in [0.15, 0.2) is 5.75 Å². The molecule has 0 bridgehead atoms. The van der Waals surface area contributed by atoms with Gasteiger partial charge in [0.2, 0.25) is 0 Å². The highest BCUT2D eigenvalue weighted by Gasteiger charge is 2.06. The molecule has 5 heteroatoms. The Morgan fingerprint density at radius 3 is 3.08 bits per heavy atom. The molecule has 0 aromatic carbocycles. The molecular formula is C7H7N3O2. The molecule has 12 heavy (non-hydrogen) atoms. The first kappa shape index (κ1) is 6.90. The molecule has 2 aromatic heterocycles. The molecule has 0 fully saturated rings. The average Bonchev–Trinajstić information content (AvgIpc) is 2.49. The maximum Gasteiger partial charge on any atom is 0.275 e. The summed E-state index contributed by atoms with van der Waals surface area (Å²) in [6.45, 7) is 0. The number of hydrogen-bond donors (Lipinski definition) is 2. The van der Waals surface area contributed by atoms with Crippen LogP contribution in [0.3, 0.4) is 0 Å². The molecule has 0 radical (unpaired) electrons. The van der Waals surface area contributed by atoms with Gasteiger partial charge >= 0.3 is 0 Å². The van der Waals surface area contributed by atoms with E-state index in [0.29, 0.717) is 16.8 Å². The van der Waals surface area contributed by atoms with Crippen LogP contribution in [0.25, 0.3) is 11.0 Å². The van der Waals surface area contributed by atoms with Crippen LogP contribution in [-0.4, -0.2) is 22.1 Å². The minimum Gasteiger partial charge on any atom is -0.493 e. The molecule has 0 atom stereocenters. The number of ether oxygens (including phenoxy) is 1. The number of rotatable bonds is 1. The summed E-state index contributed by atoms with van der Waals surface area (Å²) in [6.07, 6.45) is 2.95. The number of H-pyrrole nitrogens is 2. The topological polar surface area (TPSA) is 70.8 Å². The second-order valence-electron chi connectivity index (χ2n) is 2.31. The Kier molecular flexibility index (Phi) is 1.36. The van der Waals surface area contributed by atoms with Crippen molar-refractivity contribution in [2.45, 2.75) is 0 Å². The molecule has 2 heterocycles. The lowest BCUT2D eigenvalue weighted by molar-refractivity contribution is 0.419. The number of methoxy groups -OCH3 is 1. The Bertz CT molecular complexity index is 457. The predicted molar refractivity (Wildman–Crippen MR) is 43.3 cm³/mol. The summed E-state index contributed by atoms with van der Waals surface area (Å²) in [5, 5.41) is 0. The highest BCUT2D eigenvalue weighted by atomic mass is 16.5. The first-order valence-corrected chi connectivity index (χ1v) is 3.41. The fourth-order valence-corrected chi connectivity index (χ4v) is 1.08. The normalized spacial score (nSPS) is 10.4. The first-order valence-electron chi connectivity index (χ1n) is 3.41. The minimum atomic E-state index is -0.191. The highest BCUT2D eigenvalue weighted by Crippen LogP contribution is 2.18. The van der Waals surface area contributed by atoms with Gasteiger partial charge in [-0.2, -0.15) is 0 Å². The summed E-state index contributed by atoms with van der Waals surface area (Å²) in [6, 6.07) is 0. The van der Waals surface area contributed by atoms with E-state index in [-0.39, 0.29) is 5.56 Å². The highest BCUT2D eigenvalue weighted by molar-refractivity contribution is 5.80. The van der Waals surface area contributed by atoms with Gasteiger partial charge in [-0.25, -0.2) is 4.98 Å². The van der Waals surface area contributed by atoms with Gasteiger partial charge in [0.25, 0.3) is 5.56 Å². The molecule has 2 rings (SSSR count). The molecule has 0 amide bonds. The fraction of sp³-hybridized carbons (Fsp3) is 0.143. The van der Waals surface area contributed by atoms with E-state index in [9.17, 15) is 4.79 Å². The summed E-state index contributed by atoms with van der Waals surface area (Å²) < 4.78 is 4.98. The van der Waals surface area contributed by atoms with E-state index in [0.717, 1.165) is 0 Å². The standard InChI is InChI=1S/C7H7N3O2/c1-12-4-2-8-6-5(4)9-3-10-7(6)11/h2-3,8H,1H3,(H,9,10,11). The van der Waals surface area contributed by atoms with Crippen molar-refractivity contribution < 1.29 is 4.74 Å². The second kappa shape index (κ2) is 2.37. The lowest BCUT2D eigenvalue weighted by Gasteiger charge is -1.92. The summed E-state index contributed by atoms with van der Waals surface area (Å²) in [5.41, 5.74) is 0.805. The van der Waals surface area contributed by atoms with Crippen LogP contribution in [0.5, 0.6) is 5.75 Å². The van der Waals surface area contributed by atoms with Crippen LogP contribution in [0.2, 0.25) is 0 Å². The van der Waals surface area contributed by atoms with Crippen molar-refractivity contribution in [3.63, 3.8) is 0 Å². The second-order valence-corrected chi connectivity index (χ2v) is 2.31. The lowest BCUT2D eigenvalue weighted by atomic mass is 10.4. The third-order valence-electron chi connectivity index (χ3n) is 1.65. The van der Waals surface area contributed by atoms with Gasteiger partial charge in [-0.05, 0) is 0 Å². The largest absolute Gasteiger partial charge is 0.493 e. The maximum absolute atomic E-state index is 11.1. The van der Waals surface area contributed by atoms with E-state index < -0.39 is 0 Å². The molecular weight excluding hydrogens is 158 g/mol. The number of aromatic nitrogens is 3. The van der Waals surface area contributed by atoms with E-state index >= 15 is 0 Å². The van der Waals surface area contributed by atoms with Gasteiger partial charge in [0.05, 0.1) is 13.4 Å². The zero-order valence-corrected chi connectivity index (χ0v) is 6.42. The molecule has 0 aliphatic heterocycles. The molecule has 0 aliphatic carbocycles. The third-order valence-corrected chi connectivity index (χ3v) is 1.65. The molecule has 2 N–H and O–H groups in total. The minimum absolute atomic E-state index is 0.191. The zero-order valence-electron chi connectivity index (χ0n) is 6.42. The molecule has 2 aromatic rings. The summed E-state index contributed by atoms with van der Waals surface area (Å²) in [7, 11) is 1.53. The Balaban J connectivity index is 2.89.